The van der Waals surface area contributed by atoms with Crippen LogP contribution >= 0.6 is 0 Å². The van der Waals surface area contributed by atoms with E-state index in [1.54, 1.807) is 18.0 Å². The van der Waals surface area contributed by atoms with Crippen molar-refractivity contribution < 1.29 is 9.18 Å². The lowest BCUT2D eigenvalue weighted by atomic mass is 9.83. The van der Waals surface area contributed by atoms with Crippen molar-refractivity contribution in [1.82, 2.24) is 19.8 Å². The van der Waals surface area contributed by atoms with Crippen LogP contribution in [0.4, 0.5) is 4.39 Å². The number of hydrogen-bond donors (Lipinski definition) is 1. The third kappa shape index (κ3) is 3.97. The Hall–Kier alpha value is -2.73. The Morgan fingerprint density at radius 1 is 1.35 bits per heavy atom. The third-order valence-corrected chi connectivity index (χ3v) is 6.60. The number of aryl methyl sites for hydroxylation is 1. The van der Waals surface area contributed by atoms with Crippen LogP contribution in [0.25, 0.3) is 16.6 Å². The van der Waals surface area contributed by atoms with Gasteiger partial charge < -0.3 is 14.8 Å². The zero-order valence-corrected chi connectivity index (χ0v) is 19.0. The topological polar surface area (TPSA) is 50.2 Å². The molecule has 4 rings (SSSR count). The first-order chi connectivity index (χ1) is 14.7. The summed E-state index contributed by atoms with van der Waals surface area (Å²) in [7, 11) is 1.75. The number of carbonyl (C=O) groups is 1. The van der Waals surface area contributed by atoms with E-state index in [0.29, 0.717) is 11.3 Å². The molecule has 1 amide bonds. The number of nitrogens with one attached hydrogen (secondary N) is 1. The lowest BCUT2D eigenvalue weighted by Crippen LogP contribution is -2.33. The maximum absolute atomic E-state index is 14.2. The Labute approximate surface area is 183 Å². The molecule has 0 bridgehead atoms. The average Bonchev–Trinajstić information content (AvgIpc) is 3.31. The molecule has 164 valence electrons. The summed E-state index contributed by atoms with van der Waals surface area (Å²) in [6.45, 7) is 10.3. The van der Waals surface area contributed by atoms with E-state index in [9.17, 15) is 9.18 Å². The molecule has 1 atom stereocenters. The van der Waals surface area contributed by atoms with E-state index in [0.717, 1.165) is 37.0 Å². The molecular formula is C25H31FN4O. The van der Waals surface area contributed by atoms with Crippen molar-refractivity contribution in [3.63, 3.8) is 0 Å². The molecule has 0 spiro atoms. The molecule has 1 N–H and O–H groups in total. The summed E-state index contributed by atoms with van der Waals surface area (Å²) in [5.74, 6) is -0.611. The van der Waals surface area contributed by atoms with Gasteiger partial charge in [-0.1, -0.05) is 6.92 Å². The van der Waals surface area contributed by atoms with Gasteiger partial charge in [0.25, 0.3) is 5.91 Å². The van der Waals surface area contributed by atoms with Crippen molar-refractivity contribution in [1.29, 1.82) is 0 Å². The number of amides is 1. The van der Waals surface area contributed by atoms with Crippen LogP contribution in [-0.4, -0.2) is 46.5 Å². The summed E-state index contributed by atoms with van der Waals surface area (Å²) in [6.07, 6.45) is 7.90. The first-order valence-electron chi connectivity index (χ1n) is 10.9. The average molecular weight is 423 g/mol. The summed E-state index contributed by atoms with van der Waals surface area (Å²) in [5, 5.41) is 4.65. The van der Waals surface area contributed by atoms with Gasteiger partial charge in [0, 0.05) is 37.4 Å². The Balaban J connectivity index is 1.90. The van der Waals surface area contributed by atoms with Gasteiger partial charge in [0.05, 0.1) is 23.0 Å². The van der Waals surface area contributed by atoms with Crippen LogP contribution in [0.3, 0.4) is 0 Å². The molecular weight excluding hydrogens is 391 g/mol. The summed E-state index contributed by atoms with van der Waals surface area (Å²) in [6, 6.07) is 4.46. The van der Waals surface area contributed by atoms with Crippen molar-refractivity contribution in [2.75, 3.05) is 20.1 Å². The highest BCUT2D eigenvalue weighted by molar-refractivity contribution is 5.99. The van der Waals surface area contributed by atoms with Gasteiger partial charge in [0.15, 0.2) is 0 Å². The number of fused-ring (bicyclic) bond motifs is 1. The largest absolute Gasteiger partial charge is 0.339 e. The summed E-state index contributed by atoms with van der Waals surface area (Å²) < 4.78 is 16.2. The molecule has 3 aromatic rings. The fourth-order valence-corrected chi connectivity index (χ4v) is 4.57. The highest BCUT2D eigenvalue weighted by Gasteiger charge is 2.30. The SMILES string of the molecule is Cc1cncc2c1c(CC1(C)CCNC1)cn2-c1ccc(F)cc1C(=O)N(C)C(C)C. The van der Waals surface area contributed by atoms with Crippen molar-refractivity contribution in [2.45, 2.75) is 46.6 Å². The van der Waals surface area contributed by atoms with E-state index in [4.69, 9.17) is 0 Å². The summed E-state index contributed by atoms with van der Waals surface area (Å²) >= 11 is 0. The van der Waals surface area contributed by atoms with Crippen LogP contribution in [-0.2, 0) is 6.42 Å². The molecule has 1 aromatic carbocycles. The number of benzene rings is 1. The molecule has 1 fully saturated rings. The molecule has 5 nitrogen and oxygen atoms in total. The van der Waals surface area contributed by atoms with E-state index in [2.05, 4.69) is 30.3 Å². The Kier molecular flexibility index (Phi) is 5.60. The van der Waals surface area contributed by atoms with Gasteiger partial charge >= 0.3 is 0 Å². The number of hydrogen-bond acceptors (Lipinski definition) is 3. The second-order valence-corrected chi connectivity index (χ2v) is 9.46. The van der Waals surface area contributed by atoms with Gasteiger partial charge in [-0.25, -0.2) is 4.39 Å². The molecule has 1 saturated heterocycles. The van der Waals surface area contributed by atoms with Crippen molar-refractivity contribution in [3.05, 3.63) is 59.3 Å². The molecule has 31 heavy (non-hydrogen) atoms. The second-order valence-electron chi connectivity index (χ2n) is 9.46. The minimum atomic E-state index is -0.417. The minimum absolute atomic E-state index is 0.0133. The minimum Gasteiger partial charge on any atom is -0.339 e. The van der Waals surface area contributed by atoms with E-state index >= 15 is 0 Å². The monoisotopic (exact) mass is 422 g/mol. The van der Waals surface area contributed by atoms with Crippen LogP contribution in [0.2, 0.25) is 0 Å². The molecule has 1 aliphatic rings. The number of pyridine rings is 1. The maximum atomic E-state index is 14.2. The summed E-state index contributed by atoms with van der Waals surface area (Å²) in [5.41, 5.74) is 4.51. The molecule has 0 saturated carbocycles. The number of aromatic nitrogens is 2. The van der Waals surface area contributed by atoms with Crippen molar-refractivity contribution in [2.24, 2.45) is 5.41 Å². The van der Waals surface area contributed by atoms with Crippen LogP contribution in [0, 0.1) is 18.2 Å². The number of halogens is 1. The predicted octanol–water partition coefficient (Wildman–Crippen LogP) is 4.50. The molecule has 0 aliphatic carbocycles. The highest BCUT2D eigenvalue weighted by atomic mass is 19.1. The standard InChI is InChI=1S/C25H31FN4O/c1-16(2)29(5)24(31)20-10-19(26)6-7-21(20)30-14-18(11-25(4)8-9-27-15-25)23-17(3)12-28-13-22(23)30/h6-7,10,12-14,16,27H,8-9,11,15H2,1-5H3. The molecule has 1 unspecified atom stereocenters. The van der Waals surface area contributed by atoms with Gasteiger partial charge in [-0.3, -0.25) is 9.78 Å². The smallest absolute Gasteiger partial charge is 0.256 e. The van der Waals surface area contributed by atoms with Crippen LogP contribution in [0.5, 0.6) is 0 Å². The van der Waals surface area contributed by atoms with Gasteiger partial charge in [-0.05, 0) is 74.9 Å². The van der Waals surface area contributed by atoms with E-state index < -0.39 is 5.82 Å². The quantitative estimate of drug-likeness (QED) is 0.659. The van der Waals surface area contributed by atoms with Crippen LogP contribution in [0.15, 0.2) is 36.8 Å². The molecule has 2 aromatic heterocycles. The van der Waals surface area contributed by atoms with Gasteiger partial charge in [-0.2, -0.15) is 0 Å². The predicted molar refractivity (Wildman–Crippen MR) is 122 cm³/mol. The van der Waals surface area contributed by atoms with Gasteiger partial charge in [-0.15, -0.1) is 0 Å². The first kappa shape index (κ1) is 21.5. The molecule has 3 heterocycles. The number of nitrogens with zero attached hydrogens (tertiary/aromatic N) is 3. The Bertz CT molecular complexity index is 1130. The zero-order valence-electron chi connectivity index (χ0n) is 19.0. The molecule has 1 aliphatic heterocycles. The van der Waals surface area contributed by atoms with E-state index in [-0.39, 0.29) is 17.4 Å². The van der Waals surface area contributed by atoms with E-state index in [1.165, 1.54) is 23.1 Å². The normalized spacial score (nSPS) is 18.8. The van der Waals surface area contributed by atoms with Crippen molar-refractivity contribution >= 4 is 16.8 Å². The first-order valence-corrected chi connectivity index (χ1v) is 10.9. The maximum Gasteiger partial charge on any atom is 0.256 e. The van der Waals surface area contributed by atoms with Gasteiger partial charge in [0.1, 0.15) is 5.82 Å². The fourth-order valence-electron chi connectivity index (χ4n) is 4.57. The van der Waals surface area contributed by atoms with Crippen LogP contribution in [0.1, 0.15) is 48.7 Å². The Morgan fingerprint density at radius 3 is 2.81 bits per heavy atom. The molecule has 6 heteroatoms. The van der Waals surface area contributed by atoms with Gasteiger partial charge in [0.2, 0.25) is 0 Å². The lowest BCUT2D eigenvalue weighted by Gasteiger charge is -2.23. The third-order valence-electron chi connectivity index (χ3n) is 6.60. The highest BCUT2D eigenvalue weighted by Crippen LogP contribution is 2.35. The lowest BCUT2D eigenvalue weighted by molar-refractivity contribution is 0.0754. The van der Waals surface area contributed by atoms with Crippen LogP contribution < -0.4 is 5.32 Å². The summed E-state index contributed by atoms with van der Waals surface area (Å²) in [4.78, 5) is 19.2. The second kappa shape index (κ2) is 8.08. The Morgan fingerprint density at radius 2 is 2.13 bits per heavy atom. The molecule has 0 radical (unpaired) electrons. The fraction of sp³-hybridized carbons (Fsp3) is 0.440. The van der Waals surface area contributed by atoms with E-state index in [1.807, 2.05) is 30.8 Å². The van der Waals surface area contributed by atoms with Crippen molar-refractivity contribution in [3.8, 4) is 5.69 Å². The zero-order chi connectivity index (χ0) is 22.3. The number of rotatable bonds is 5. The number of carbonyl (C=O) groups excluding carboxylic acids is 1.